The minimum absolute atomic E-state index is 0.00463. The van der Waals surface area contributed by atoms with Crippen molar-refractivity contribution in [2.75, 3.05) is 54.3 Å². The number of hydrogen-bond donors (Lipinski definition) is 1. The van der Waals surface area contributed by atoms with Gasteiger partial charge < -0.3 is 29.0 Å². The molecule has 0 spiro atoms. The smallest absolute Gasteiger partial charge is 0.231 e. The van der Waals surface area contributed by atoms with Gasteiger partial charge in [-0.1, -0.05) is 6.07 Å². The van der Waals surface area contributed by atoms with E-state index in [0.29, 0.717) is 19.0 Å². The molecule has 2 atom stereocenters. The van der Waals surface area contributed by atoms with Crippen LogP contribution in [0.1, 0.15) is 46.3 Å². The first kappa shape index (κ1) is 25.6. The van der Waals surface area contributed by atoms with Gasteiger partial charge in [-0.2, -0.15) is 0 Å². The minimum Gasteiger partial charge on any atom is -0.507 e. The standard InChI is InChI=1S/C28H40N2O5/c1-8-33-24-13-25-28(35-16-34-25)26-22(24)12-21(14-29(5)6)30(23(26)15-32-7)10-9-20-11-17(2)18(3)27(31)19(20)4/h11,13,21,23,31H,8-10,12,14-16H2,1-7H3/t21?,23-/m0/s1. The van der Waals surface area contributed by atoms with Crippen LogP contribution in [-0.2, 0) is 17.6 Å². The van der Waals surface area contributed by atoms with Crippen molar-refractivity contribution < 1.29 is 24.1 Å². The number of benzene rings is 2. The molecule has 2 aliphatic rings. The van der Waals surface area contributed by atoms with Crippen LogP contribution in [0.25, 0.3) is 0 Å². The Morgan fingerprint density at radius 3 is 2.60 bits per heavy atom. The summed E-state index contributed by atoms with van der Waals surface area (Å²) in [7, 11) is 5.99. The molecular formula is C28H40N2O5. The summed E-state index contributed by atoms with van der Waals surface area (Å²) in [5, 5.41) is 10.6. The third-order valence-corrected chi connectivity index (χ3v) is 7.43. The molecule has 35 heavy (non-hydrogen) atoms. The molecule has 0 aromatic heterocycles. The maximum atomic E-state index is 10.6. The Kier molecular flexibility index (Phi) is 7.79. The lowest BCUT2D eigenvalue weighted by Gasteiger charge is -2.44. The Bertz CT molecular complexity index is 1070. The molecule has 0 saturated carbocycles. The van der Waals surface area contributed by atoms with Crippen LogP contribution in [-0.4, -0.2) is 75.2 Å². The highest BCUT2D eigenvalue weighted by atomic mass is 16.7. The summed E-state index contributed by atoms with van der Waals surface area (Å²) in [6, 6.07) is 4.48. The monoisotopic (exact) mass is 484 g/mol. The largest absolute Gasteiger partial charge is 0.507 e. The molecule has 7 heteroatoms. The van der Waals surface area contributed by atoms with Crippen LogP contribution in [0.5, 0.6) is 23.0 Å². The van der Waals surface area contributed by atoms with Gasteiger partial charge in [0.25, 0.3) is 0 Å². The summed E-state index contributed by atoms with van der Waals surface area (Å²) in [4.78, 5) is 4.79. The van der Waals surface area contributed by atoms with E-state index in [1.54, 1.807) is 7.11 Å². The van der Waals surface area contributed by atoms with Gasteiger partial charge in [-0.3, -0.25) is 4.90 Å². The minimum atomic E-state index is 0.00463. The summed E-state index contributed by atoms with van der Waals surface area (Å²) in [6.07, 6.45) is 1.70. The van der Waals surface area contributed by atoms with Gasteiger partial charge in [0.1, 0.15) is 11.5 Å². The van der Waals surface area contributed by atoms with Crippen LogP contribution in [0.3, 0.4) is 0 Å². The molecule has 2 aromatic carbocycles. The van der Waals surface area contributed by atoms with Gasteiger partial charge in [0, 0.05) is 43.4 Å². The molecule has 7 nitrogen and oxygen atoms in total. The third-order valence-electron chi connectivity index (χ3n) is 7.43. The number of phenolic OH excluding ortho intramolecular Hbond substituents is 1. The van der Waals surface area contributed by atoms with Crippen molar-refractivity contribution in [1.82, 2.24) is 9.80 Å². The normalized spacial score (nSPS) is 19.3. The number of phenols is 1. The van der Waals surface area contributed by atoms with Gasteiger partial charge in [0.15, 0.2) is 11.5 Å². The van der Waals surface area contributed by atoms with E-state index in [4.69, 9.17) is 18.9 Å². The molecule has 4 rings (SSSR count). The zero-order chi connectivity index (χ0) is 25.3. The molecule has 0 aliphatic carbocycles. The number of rotatable bonds is 9. The van der Waals surface area contributed by atoms with Crippen LogP contribution >= 0.6 is 0 Å². The topological polar surface area (TPSA) is 63.6 Å². The molecule has 0 radical (unpaired) electrons. The van der Waals surface area contributed by atoms with E-state index in [2.05, 4.69) is 36.9 Å². The van der Waals surface area contributed by atoms with Crippen molar-refractivity contribution in [1.29, 1.82) is 0 Å². The second-order valence-electron chi connectivity index (χ2n) is 9.96. The number of nitrogens with zero attached hydrogens (tertiary/aromatic N) is 2. The zero-order valence-corrected chi connectivity index (χ0v) is 22.2. The lowest BCUT2D eigenvalue weighted by molar-refractivity contribution is 0.0387. The first-order valence-corrected chi connectivity index (χ1v) is 12.5. The molecule has 2 aromatic rings. The number of methoxy groups -OCH3 is 1. The first-order valence-electron chi connectivity index (χ1n) is 12.5. The third kappa shape index (κ3) is 4.95. The molecule has 0 amide bonds. The van der Waals surface area contributed by atoms with Gasteiger partial charge in [-0.05, 0) is 76.9 Å². The zero-order valence-electron chi connectivity index (χ0n) is 22.2. The molecular weight excluding hydrogens is 444 g/mol. The Labute approximate surface area is 209 Å². The summed E-state index contributed by atoms with van der Waals surface area (Å²) >= 11 is 0. The Hall–Kier alpha value is -2.48. The van der Waals surface area contributed by atoms with Crippen molar-refractivity contribution in [3.8, 4) is 23.0 Å². The van der Waals surface area contributed by atoms with Crippen molar-refractivity contribution in [3.05, 3.63) is 45.5 Å². The number of aryl methyl sites for hydroxylation is 1. The van der Waals surface area contributed by atoms with Gasteiger partial charge in [0.05, 0.1) is 19.3 Å². The summed E-state index contributed by atoms with van der Waals surface area (Å²) in [5.74, 6) is 2.85. The molecule has 0 bridgehead atoms. The summed E-state index contributed by atoms with van der Waals surface area (Å²) < 4.78 is 23.7. The Morgan fingerprint density at radius 1 is 1.14 bits per heavy atom. The lowest BCUT2D eigenvalue weighted by atomic mass is 9.85. The van der Waals surface area contributed by atoms with Crippen molar-refractivity contribution in [2.24, 2.45) is 0 Å². The van der Waals surface area contributed by atoms with Crippen LogP contribution in [0, 0.1) is 20.8 Å². The number of ether oxygens (including phenoxy) is 4. The average Bonchev–Trinajstić information content (AvgIpc) is 3.28. The second-order valence-corrected chi connectivity index (χ2v) is 9.96. The molecule has 2 aliphatic heterocycles. The molecule has 1 unspecified atom stereocenters. The maximum Gasteiger partial charge on any atom is 0.231 e. The molecule has 0 fully saturated rings. The van der Waals surface area contributed by atoms with E-state index in [1.165, 1.54) is 11.1 Å². The molecule has 2 heterocycles. The van der Waals surface area contributed by atoms with E-state index in [-0.39, 0.29) is 18.9 Å². The van der Waals surface area contributed by atoms with Crippen LogP contribution in [0.2, 0.25) is 0 Å². The quantitative estimate of drug-likeness (QED) is 0.573. The van der Waals surface area contributed by atoms with Gasteiger partial charge in [-0.15, -0.1) is 0 Å². The lowest BCUT2D eigenvalue weighted by Crippen LogP contribution is -2.50. The van der Waals surface area contributed by atoms with Crippen LogP contribution in [0.4, 0.5) is 0 Å². The Morgan fingerprint density at radius 2 is 1.91 bits per heavy atom. The Balaban J connectivity index is 1.76. The first-order chi connectivity index (χ1) is 16.8. The summed E-state index contributed by atoms with van der Waals surface area (Å²) in [6.45, 7) is 11.2. The SMILES string of the molecule is CCOc1cc2c(c3c1CC(CN(C)C)N(CCc1cc(C)c(C)c(O)c1C)[C@H]3COC)OCO2. The number of aromatic hydroxyl groups is 1. The van der Waals surface area contributed by atoms with Crippen molar-refractivity contribution in [2.45, 2.75) is 52.6 Å². The highest BCUT2D eigenvalue weighted by Crippen LogP contribution is 2.50. The second kappa shape index (κ2) is 10.6. The number of hydrogen-bond acceptors (Lipinski definition) is 7. The molecule has 0 saturated heterocycles. The van der Waals surface area contributed by atoms with Crippen LogP contribution in [0.15, 0.2) is 12.1 Å². The predicted octanol–water partition coefficient (Wildman–Crippen LogP) is 4.16. The predicted molar refractivity (Wildman–Crippen MR) is 137 cm³/mol. The fraction of sp³-hybridized carbons (Fsp3) is 0.571. The van der Waals surface area contributed by atoms with E-state index in [9.17, 15) is 5.11 Å². The number of fused-ring (bicyclic) bond motifs is 3. The highest BCUT2D eigenvalue weighted by Gasteiger charge is 2.40. The van der Waals surface area contributed by atoms with Gasteiger partial charge in [-0.25, -0.2) is 0 Å². The maximum absolute atomic E-state index is 10.6. The van der Waals surface area contributed by atoms with Crippen molar-refractivity contribution in [3.63, 3.8) is 0 Å². The van der Waals surface area contributed by atoms with E-state index in [1.807, 2.05) is 26.8 Å². The molecule has 192 valence electrons. The fourth-order valence-electron chi connectivity index (χ4n) is 5.58. The number of likely N-dealkylation sites (N-methyl/N-ethyl adjacent to an activating group) is 1. The van der Waals surface area contributed by atoms with E-state index in [0.717, 1.165) is 65.4 Å². The van der Waals surface area contributed by atoms with Gasteiger partial charge >= 0.3 is 0 Å². The van der Waals surface area contributed by atoms with E-state index < -0.39 is 0 Å². The fourth-order valence-corrected chi connectivity index (χ4v) is 5.58. The summed E-state index contributed by atoms with van der Waals surface area (Å²) in [5.41, 5.74) is 6.55. The van der Waals surface area contributed by atoms with Gasteiger partial charge in [0.2, 0.25) is 6.79 Å². The van der Waals surface area contributed by atoms with Crippen molar-refractivity contribution >= 4 is 0 Å². The van der Waals surface area contributed by atoms with E-state index >= 15 is 0 Å². The van der Waals surface area contributed by atoms with Crippen LogP contribution < -0.4 is 14.2 Å². The molecule has 1 N–H and O–H groups in total. The highest BCUT2D eigenvalue weighted by molar-refractivity contribution is 5.61. The average molecular weight is 485 g/mol.